The molecule has 1 aliphatic rings. The third-order valence-electron chi connectivity index (χ3n) is 3.61. The Hall–Kier alpha value is -0.640. The van der Waals surface area contributed by atoms with Crippen molar-refractivity contribution in [2.24, 2.45) is 5.92 Å². The third kappa shape index (κ3) is 3.44. The lowest BCUT2D eigenvalue weighted by atomic mass is 10.0. The largest absolute Gasteiger partial charge is 0.379 e. The Morgan fingerprint density at radius 3 is 2.67 bits per heavy atom. The zero-order valence-corrected chi connectivity index (χ0v) is 12.1. The van der Waals surface area contributed by atoms with Gasteiger partial charge < -0.3 is 5.32 Å². The van der Waals surface area contributed by atoms with Crippen molar-refractivity contribution < 1.29 is 8.78 Å². The van der Waals surface area contributed by atoms with Gasteiger partial charge in [0.2, 0.25) is 0 Å². The van der Waals surface area contributed by atoms with Crippen LogP contribution in [0.4, 0.5) is 14.5 Å². The summed E-state index contributed by atoms with van der Waals surface area (Å²) in [5.41, 5.74) is 0.385. The van der Waals surface area contributed by atoms with Crippen LogP contribution < -0.4 is 5.32 Å². The first kappa shape index (κ1) is 13.8. The minimum absolute atomic E-state index is 0.284. The molecule has 4 heteroatoms. The molecule has 0 spiro atoms. The first-order valence-electron chi connectivity index (χ1n) is 6.47. The Kier molecular flexibility index (Phi) is 4.60. The second kappa shape index (κ2) is 6.00. The number of hydrogen-bond donors (Lipinski definition) is 1. The van der Waals surface area contributed by atoms with Crippen LogP contribution in [0, 0.1) is 17.6 Å². The maximum Gasteiger partial charge on any atom is 0.150 e. The maximum atomic E-state index is 13.7. The lowest BCUT2D eigenvalue weighted by Gasteiger charge is -2.19. The quantitative estimate of drug-likeness (QED) is 0.747. The fraction of sp³-hybridized carbons (Fsp3) is 0.571. The van der Waals surface area contributed by atoms with Crippen LogP contribution in [0.2, 0.25) is 0 Å². The van der Waals surface area contributed by atoms with Crippen molar-refractivity contribution in [3.05, 3.63) is 28.2 Å². The zero-order chi connectivity index (χ0) is 13.1. The molecule has 0 aliphatic heterocycles. The molecular formula is C14H18BrF2N. The van der Waals surface area contributed by atoms with Gasteiger partial charge in [0.1, 0.15) is 11.6 Å². The van der Waals surface area contributed by atoms with E-state index in [4.69, 9.17) is 0 Å². The van der Waals surface area contributed by atoms with Gasteiger partial charge >= 0.3 is 0 Å². The molecule has 1 aromatic carbocycles. The molecule has 1 nitrogen and oxygen atoms in total. The van der Waals surface area contributed by atoms with Crippen LogP contribution >= 0.6 is 15.9 Å². The molecule has 2 atom stereocenters. The van der Waals surface area contributed by atoms with E-state index in [1.807, 2.05) is 0 Å². The molecule has 100 valence electrons. The van der Waals surface area contributed by atoms with Crippen LogP contribution in [-0.2, 0) is 0 Å². The van der Waals surface area contributed by atoms with Crippen LogP contribution in [0.5, 0.6) is 0 Å². The van der Waals surface area contributed by atoms with Gasteiger partial charge in [-0.25, -0.2) is 8.78 Å². The van der Waals surface area contributed by atoms with Gasteiger partial charge in [-0.15, -0.1) is 0 Å². The molecule has 0 amide bonds. The van der Waals surface area contributed by atoms with Gasteiger partial charge in [-0.2, -0.15) is 0 Å². The summed E-state index contributed by atoms with van der Waals surface area (Å²) < 4.78 is 27.2. The smallest absolute Gasteiger partial charge is 0.150 e. The van der Waals surface area contributed by atoms with Crippen LogP contribution in [0.25, 0.3) is 0 Å². The molecule has 0 saturated heterocycles. The van der Waals surface area contributed by atoms with Crippen molar-refractivity contribution in [2.75, 3.05) is 5.32 Å². The summed E-state index contributed by atoms with van der Waals surface area (Å²) in [4.78, 5) is 0. The average Bonchev–Trinajstić information content (AvgIpc) is 2.48. The Bertz CT molecular complexity index is 399. The van der Waals surface area contributed by atoms with E-state index < -0.39 is 11.6 Å². The van der Waals surface area contributed by atoms with Crippen molar-refractivity contribution in [3.8, 4) is 0 Å². The molecular weight excluding hydrogens is 300 g/mol. The third-order valence-corrected chi connectivity index (χ3v) is 4.24. The first-order valence-corrected chi connectivity index (χ1v) is 7.26. The fourth-order valence-electron chi connectivity index (χ4n) is 2.52. The Morgan fingerprint density at radius 1 is 1.17 bits per heavy atom. The van der Waals surface area contributed by atoms with E-state index in [0.29, 0.717) is 10.2 Å². The summed E-state index contributed by atoms with van der Waals surface area (Å²) in [6, 6.07) is 2.50. The molecule has 1 fully saturated rings. The second-order valence-electron chi connectivity index (χ2n) is 5.20. The molecule has 1 N–H and O–H groups in total. The number of nitrogens with one attached hydrogen (secondary N) is 1. The zero-order valence-electron chi connectivity index (χ0n) is 10.5. The first-order chi connectivity index (χ1) is 8.56. The maximum absolute atomic E-state index is 13.7. The van der Waals surface area contributed by atoms with E-state index in [-0.39, 0.29) is 6.04 Å². The lowest BCUT2D eigenvalue weighted by molar-refractivity contribution is 0.501. The predicted octanol–water partition coefficient (Wildman–Crippen LogP) is 5.11. The Labute approximate surface area is 115 Å². The molecule has 1 saturated carbocycles. The van der Waals surface area contributed by atoms with Gasteiger partial charge in [-0.3, -0.25) is 0 Å². The van der Waals surface area contributed by atoms with Gasteiger partial charge in [0.25, 0.3) is 0 Å². The molecule has 1 aromatic rings. The van der Waals surface area contributed by atoms with Crippen molar-refractivity contribution in [3.63, 3.8) is 0 Å². The van der Waals surface area contributed by atoms with Gasteiger partial charge in [0, 0.05) is 16.6 Å². The van der Waals surface area contributed by atoms with Crippen LogP contribution in [0.3, 0.4) is 0 Å². The molecule has 2 unspecified atom stereocenters. The van der Waals surface area contributed by atoms with Gasteiger partial charge in [0.15, 0.2) is 0 Å². The van der Waals surface area contributed by atoms with Gasteiger partial charge in [-0.1, -0.05) is 19.8 Å². The summed E-state index contributed by atoms with van der Waals surface area (Å²) in [6.07, 6.45) is 5.67. The molecule has 0 heterocycles. The number of anilines is 1. The summed E-state index contributed by atoms with van der Waals surface area (Å²) in [5.74, 6) is -0.336. The number of halogens is 3. The Balaban J connectivity index is 2.09. The summed E-state index contributed by atoms with van der Waals surface area (Å²) in [5, 5.41) is 3.22. The van der Waals surface area contributed by atoms with Gasteiger partial charge in [0.05, 0.1) is 5.69 Å². The van der Waals surface area contributed by atoms with Crippen LogP contribution in [-0.4, -0.2) is 6.04 Å². The fourth-order valence-corrected chi connectivity index (χ4v) is 3.04. The van der Waals surface area contributed by atoms with Crippen molar-refractivity contribution >= 4 is 21.6 Å². The molecule has 1 aliphatic carbocycles. The minimum atomic E-state index is -0.556. The normalized spacial score (nSPS) is 24.7. The van der Waals surface area contributed by atoms with Crippen LogP contribution in [0.1, 0.15) is 39.0 Å². The average molecular weight is 318 g/mol. The van der Waals surface area contributed by atoms with Crippen molar-refractivity contribution in [1.29, 1.82) is 0 Å². The van der Waals surface area contributed by atoms with E-state index in [9.17, 15) is 8.78 Å². The molecule has 0 aromatic heterocycles. The van der Waals surface area contributed by atoms with E-state index in [2.05, 4.69) is 28.2 Å². The van der Waals surface area contributed by atoms with Crippen molar-refractivity contribution in [1.82, 2.24) is 0 Å². The summed E-state index contributed by atoms with van der Waals surface area (Å²) >= 11 is 3.21. The van der Waals surface area contributed by atoms with E-state index in [1.165, 1.54) is 18.9 Å². The van der Waals surface area contributed by atoms with E-state index >= 15 is 0 Å². The monoisotopic (exact) mass is 317 g/mol. The van der Waals surface area contributed by atoms with Crippen LogP contribution in [0.15, 0.2) is 16.6 Å². The minimum Gasteiger partial charge on any atom is -0.379 e. The highest BCUT2D eigenvalue weighted by Gasteiger charge is 2.18. The SMILES string of the molecule is CC1CCCC(Nc2c(F)cc(F)cc2Br)CC1. The second-order valence-corrected chi connectivity index (χ2v) is 6.05. The molecule has 0 bridgehead atoms. The molecule has 18 heavy (non-hydrogen) atoms. The summed E-state index contributed by atoms with van der Waals surface area (Å²) in [7, 11) is 0. The number of benzene rings is 1. The van der Waals surface area contributed by atoms with Gasteiger partial charge in [-0.05, 0) is 47.2 Å². The summed E-state index contributed by atoms with van der Waals surface area (Å²) in [6.45, 7) is 2.26. The molecule has 2 rings (SSSR count). The number of rotatable bonds is 2. The highest BCUT2D eigenvalue weighted by molar-refractivity contribution is 9.10. The number of hydrogen-bond acceptors (Lipinski definition) is 1. The lowest BCUT2D eigenvalue weighted by Crippen LogP contribution is -2.19. The highest BCUT2D eigenvalue weighted by Crippen LogP contribution is 2.30. The predicted molar refractivity (Wildman–Crippen MR) is 73.7 cm³/mol. The highest BCUT2D eigenvalue weighted by atomic mass is 79.9. The van der Waals surface area contributed by atoms with E-state index in [1.54, 1.807) is 0 Å². The standard InChI is InChI=1S/C14H18BrF2N/c1-9-3-2-4-11(6-5-9)18-14-12(15)7-10(16)8-13(14)17/h7-9,11,18H,2-6H2,1H3. The topological polar surface area (TPSA) is 12.0 Å². The Morgan fingerprint density at radius 2 is 1.94 bits per heavy atom. The molecule has 0 radical (unpaired) electrons. The van der Waals surface area contributed by atoms with E-state index in [0.717, 1.165) is 31.2 Å². The van der Waals surface area contributed by atoms with Crippen molar-refractivity contribution in [2.45, 2.75) is 45.1 Å².